The van der Waals surface area contributed by atoms with E-state index in [4.69, 9.17) is 0 Å². The van der Waals surface area contributed by atoms with Gasteiger partial charge in [0.25, 0.3) is 0 Å². The fourth-order valence-corrected chi connectivity index (χ4v) is 1.97. The number of likely N-dealkylation sites (N-methyl/N-ethyl adjacent to an activating group) is 1. The van der Waals surface area contributed by atoms with Crippen LogP contribution in [0.15, 0.2) is 0 Å². The molecular weight excluding hydrogens is 174 g/mol. The van der Waals surface area contributed by atoms with E-state index in [0.29, 0.717) is 12.0 Å². The van der Waals surface area contributed by atoms with Crippen LogP contribution in [-0.4, -0.2) is 35.7 Å². The maximum absolute atomic E-state index is 9.80. The van der Waals surface area contributed by atoms with Crippen molar-refractivity contribution in [3.8, 4) is 0 Å². The fraction of sp³-hybridized carbons (Fsp3) is 1.00. The molecule has 2 heteroatoms. The van der Waals surface area contributed by atoms with Crippen LogP contribution in [0.5, 0.6) is 0 Å². The molecule has 2 unspecified atom stereocenters. The van der Waals surface area contributed by atoms with Crippen LogP contribution in [0.3, 0.4) is 0 Å². The first-order valence-corrected chi connectivity index (χ1v) is 5.89. The lowest BCUT2D eigenvalue weighted by Crippen LogP contribution is -2.37. The van der Waals surface area contributed by atoms with Crippen molar-refractivity contribution in [3.05, 3.63) is 0 Å². The standard InChI is InChI=1S/C12H25NO/c1-9(2)7-10(3)13(4)8-12(14)11-5-6-11/h9-12,14H,5-8H2,1-4H3. The number of hydrogen-bond acceptors (Lipinski definition) is 2. The van der Waals surface area contributed by atoms with Crippen molar-refractivity contribution < 1.29 is 5.11 Å². The summed E-state index contributed by atoms with van der Waals surface area (Å²) in [6.07, 6.45) is 3.59. The van der Waals surface area contributed by atoms with Gasteiger partial charge in [-0.1, -0.05) is 13.8 Å². The zero-order chi connectivity index (χ0) is 10.7. The Morgan fingerprint density at radius 1 is 1.29 bits per heavy atom. The van der Waals surface area contributed by atoms with Crippen LogP contribution in [0, 0.1) is 11.8 Å². The zero-order valence-corrected chi connectivity index (χ0v) is 10.0. The van der Waals surface area contributed by atoms with Crippen LogP contribution in [0.4, 0.5) is 0 Å². The molecule has 0 heterocycles. The van der Waals surface area contributed by atoms with Crippen LogP contribution in [0.1, 0.15) is 40.0 Å². The van der Waals surface area contributed by atoms with Gasteiger partial charge >= 0.3 is 0 Å². The van der Waals surface area contributed by atoms with Crippen molar-refractivity contribution in [3.63, 3.8) is 0 Å². The van der Waals surface area contributed by atoms with E-state index in [1.807, 2.05) is 0 Å². The van der Waals surface area contributed by atoms with Crippen LogP contribution >= 0.6 is 0 Å². The van der Waals surface area contributed by atoms with Gasteiger partial charge < -0.3 is 10.0 Å². The Labute approximate surface area is 88.3 Å². The van der Waals surface area contributed by atoms with E-state index < -0.39 is 0 Å². The molecule has 2 nitrogen and oxygen atoms in total. The number of hydrogen-bond donors (Lipinski definition) is 1. The second kappa shape index (κ2) is 5.13. The molecule has 1 aliphatic carbocycles. The SMILES string of the molecule is CC(C)CC(C)N(C)CC(O)C1CC1. The monoisotopic (exact) mass is 199 g/mol. The molecule has 0 amide bonds. The molecule has 0 aliphatic heterocycles. The summed E-state index contributed by atoms with van der Waals surface area (Å²) < 4.78 is 0. The van der Waals surface area contributed by atoms with E-state index >= 15 is 0 Å². The van der Waals surface area contributed by atoms with Gasteiger partial charge in [0, 0.05) is 12.6 Å². The number of aliphatic hydroxyl groups is 1. The molecule has 0 saturated heterocycles. The smallest absolute Gasteiger partial charge is 0.0695 e. The molecule has 14 heavy (non-hydrogen) atoms. The summed E-state index contributed by atoms with van der Waals surface area (Å²) in [5, 5.41) is 9.80. The summed E-state index contributed by atoms with van der Waals surface area (Å²) in [7, 11) is 2.12. The van der Waals surface area contributed by atoms with Gasteiger partial charge in [-0.3, -0.25) is 0 Å². The second-order valence-corrected chi connectivity index (χ2v) is 5.32. The first-order chi connectivity index (χ1) is 6.50. The summed E-state index contributed by atoms with van der Waals surface area (Å²) >= 11 is 0. The molecule has 0 aromatic rings. The maximum atomic E-state index is 9.80. The van der Waals surface area contributed by atoms with Crippen molar-refractivity contribution in [2.75, 3.05) is 13.6 Å². The lowest BCUT2D eigenvalue weighted by Gasteiger charge is -2.28. The van der Waals surface area contributed by atoms with Crippen LogP contribution in [0.2, 0.25) is 0 Å². The van der Waals surface area contributed by atoms with E-state index in [1.165, 1.54) is 19.3 Å². The van der Waals surface area contributed by atoms with Crippen LogP contribution < -0.4 is 0 Å². The molecule has 0 aromatic carbocycles. The average molecular weight is 199 g/mol. The van der Waals surface area contributed by atoms with Crippen LogP contribution in [0.25, 0.3) is 0 Å². The van der Waals surface area contributed by atoms with E-state index in [2.05, 4.69) is 32.7 Å². The molecule has 0 radical (unpaired) electrons. The van der Waals surface area contributed by atoms with Crippen molar-refractivity contribution in [2.24, 2.45) is 11.8 Å². The number of aliphatic hydroxyl groups excluding tert-OH is 1. The maximum Gasteiger partial charge on any atom is 0.0695 e. The van der Waals surface area contributed by atoms with E-state index in [0.717, 1.165) is 12.5 Å². The van der Waals surface area contributed by atoms with Crippen LogP contribution in [-0.2, 0) is 0 Å². The average Bonchev–Trinajstić information content (AvgIpc) is 2.84. The first-order valence-electron chi connectivity index (χ1n) is 5.89. The minimum absolute atomic E-state index is 0.0883. The predicted octanol–water partition coefficient (Wildman–Crippen LogP) is 2.12. The molecule has 0 aromatic heterocycles. The highest BCUT2D eigenvalue weighted by Crippen LogP contribution is 2.33. The van der Waals surface area contributed by atoms with Crippen molar-refractivity contribution in [2.45, 2.75) is 52.2 Å². The normalized spacial score (nSPS) is 21.6. The Morgan fingerprint density at radius 2 is 1.86 bits per heavy atom. The third kappa shape index (κ3) is 3.97. The molecule has 0 bridgehead atoms. The highest BCUT2D eigenvalue weighted by molar-refractivity contribution is 4.83. The van der Waals surface area contributed by atoms with Gasteiger partial charge in [-0.25, -0.2) is 0 Å². The predicted molar refractivity (Wildman–Crippen MR) is 60.3 cm³/mol. The van der Waals surface area contributed by atoms with Gasteiger partial charge in [-0.15, -0.1) is 0 Å². The minimum Gasteiger partial charge on any atom is -0.392 e. The summed E-state index contributed by atoms with van der Waals surface area (Å²) in [5.74, 6) is 1.34. The quantitative estimate of drug-likeness (QED) is 0.708. The Balaban J connectivity index is 2.21. The van der Waals surface area contributed by atoms with Crippen molar-refractivity contribution in [1.82, 2.24) is 4.90 Å². The molecule has 0 spiro atoms. The molecule has 1 N–H and O–H groups in total. The Morgan fingerprint density at radius 3 is 2.29 bits per heavy atom. The number of rotatable bonds is 6. The van der Waals surface area contributed by atoms with Crippen molar-refractivity contribution in [1.29, 1.82) is 0 Å². The summed E-state index contributed by atoms with van der Waals surface area (Å²) in [6.45, 7) is 7.60. The molecular formula is C12H25NO. The Bertz CT molecular complexity index is 166. The number of nitrogens with zero attached hydrogens (tertiary/aromatic N) is 1. The first kappa shape index (κ1) is 12.0. The molecule has 1 fully saturated rings. The van der Waals surface area contributed by atoms with Gasteiger partial charge in [-0.05, 0) is 45.1 Å². The molecule has 1 rings (SSSR count). The van der Waals surface area contributed by atoms with Gasteiger partial charge in [0.05, 0.1) is 6.10 Å². The largest absolute Gasteiger partial charge is 0.392 e. The Hall–Kier alpha value is -0.0800. The van der Waals surface area contributed by atoms with E-state index in [9.17, 15) is 5.11 Å². The highest BCUT2D eigenvalue weighted by Gasteiger charge is 2.30. The third-order valence-corrected chi connectivity index (χ3v) is 3.21. The lowest BCUT2D eigenvalue weighted by molar-refractivity contribution is 0.0864. The summed E-state index contributed by atoms with van der Waals surface area (Å²) in [4.78, 5) is 2.29. The third-order valence-electron chi connectivity index (χ3n) is 3.21. The highest BCUT2D eigenvalue weighted by atomic mass is 16.3. The van der Waals surface area contributed by atoms with Gasteiger partial charge in [0.15, 0.2) is 0 Å². The molecule has 84 valence electrons. The zero-order valence-electron chi connectivity index (χ0n) is 10.0. The van der Waals surface area contributed by atoms with E-state index in [1.54, 1.807) is 0 Å². The van der Waals surface area contributed by atoms with Gasteiger partial charge in [0.1, 0.15) is 0 Å². The molecule has 2 atom stereocenters. The molecule has 1 aliphatic rings. The van der Waals surface area contributed by atoms with E-state index in [-0.39, 0.29) is 6.10 Å². The summed E-state index contributed by atoms with van der Waals surface area (Å²) in [6, 6.07) is 0.586. The topological polar surface area (TPSA) is 23.5 Å². The van der Waals surface area contributed by atoms with Crippen molar-refractivity contribution >= 4 is 0 Å². The summed E-state index contributed by atoms with van der Waals surface area (Å²) in [5.41, 5.74) is 0. The minimum atomic E-state index is -0.0883. The van der Waals surface area contributed by atoms with Gasteiger partial charge in [0.2, 0.25) is 0 Å². The van der Waals surface area contributed by atoms with Gasteiger partial charge in [-0.2, -0.15) is 0 Å². The molecule has 1 saturated carbocycles. The lowest BCUT2D eigenvalue weighted by atomic mass is 10.0. The Kier molecular flexibility index (Phi) is 4.39. The second-order valence-electron chi connectivity index (χ2n) is 5.32. The fourth-order valence-electron chi connectivity index (χ4n) is 1.97.